The Morgan fingerprint density at radius 1 is 1.19 bits per heavy atom. The number of rotatable bonds is 9. The third-order valence-corrected chi connectivity index (χ3v) is 5.34. The first-order valence-electron chi connectivity index (χ1n) is 9.63. The molecule has 0 unspecified atom stereocenters. The first kappa shape index (κ1) is 22.3. The maximum atomic E-state index is 12.8. The van der Waals surface area contributed by atoms with E-state index in [1.54, 1.807) is 42.5 Å². The number of ether oxygens (including phenoxy) is 3. The Bertz CT molecular complexity index is 963. The summed E-state index contributed by atoms with van der Waals surface area (Å²) in [5.41, 5.74) is 1.18. The number of methoxy groups -OCH3 is 2. The van der Waals surface area contributed by atoms with Gasteiger partial charge >= 0.3 is 12.0 Å². The summed E-state index contributed by atoms with van der Waals surface area (Å²) < 4.78 is 15.4. The highest BCUT2D eigenvalue weighted by Crippen LogP contribution is 2.32. The number of hydrogen-bond acceptors (Lipinski definition) is 8. The van der Waals surface area contributed by atoms with Crippen molar-refractivity contribution in [2.75, 3.05) is 50.7 Å². The second kappa shape index (κ2) is 10.1. The smallest absolute Gasteiger partial charge is 0.325 e. The molecule has 1 saturated heterocycles. The van der Waals surface area contributed by atoms with E-state index in [4.69, 9.17) is 14.2 Å². The highest BCUT2D eigenvalue weighted by atomic mass is 32.1. The lowest BCUT2D eigenvalue weighted by Crippen LogP contribution is -2.37. The number of hydrogen-bond donors (Lipinski definition) is 1. The van der Waals surface area contributed by atoms with Crippen LogP contribution < -0.4 is 19.7 Å². The summed E-state index contributed by atoms with van der Waals surface area (Å²) in [5, 5.41) is 4.73. The van der Waals surface area contributed by atoms with Crippen LogP contribution in [0.2, 0.25) is 0 Å². The maximum Gasteiger partial charge on any atom is 0.325 e. The number of carbonyl (C=O) groups excluding carboxylic acids is 3. The number of nitrogens with zero attached hydrogens (tertiary/aromatic N) is 3. The van der Waals surface area contributed by atoms with E-state index in [1.165, 1.54) is 23.3 Å². The molecule has 0 bridgehead atoms. The van der Waals surface area contributed by atoms with Gasteiger partial charge in [-0.05, 0) is 19.1 Å². The van der Waals surface area contributed by atoms with Gasteiger partial charge in [-0.2, -0.15) is 0 Å². The molecule has 2 aromatic rings. The molecular weight excluding hydrogens is 424 g/mol. The molecule has 1 aromatic carbocycles. The zero-order valence-corrected chi connectivity index (χ0v) is 18.4. The van der Waals surface area contributed by atoms with E-state index in [0.29, 0.717) is 47.7 Å². The number of carbonyl (C=O) groups is 3. The third kappa shape index (κ3) is 5.43. The molecule has 166 valence electrons. The van der Waals surface area contributed by atoms with E-state index in [1.807, 2.05) is 0 Å². The summed E-state index contributed by atoms with van der Waals surface area (Å²) in [4.78, 5) is 43.9. The van der Waals surface area contributed by atoms with E-state index in [0.717, 1.165) is 0 Å². The van der Waals surface area contributed by atoms with Crippen molar-refractivity contribution in [3.05, 3.63) is 29.3 Å². The Hall–Kier alpha value is -3.34. The van der Waals surface area contributed by atoms with Crippen LogP contribution in [0, 0.1) is 0 Å². The SMILES string of the molecule is CCOC(=O)Cc1csc(NC(=O)CN2CCN(c3ccc(OC)c(OC)c3)C2=O)n1. The van der Waals surface area contributed by atoms with Crippen molar-refractivity contribution in [1.82, 2.24) is 9.88 Å². The van der Waals surface area contributed by atoms with Gasteiger partial charge in [0.05, 0.1) is 32.9 Å². The molecule has 1 aromatic heterocycles. The summed E-state index contributed by atoms with van der Waals surface area (Å²) in [6.07, 6.45) is 0.0467. The molecule has 0 radical (unpaired) electrons. The molecule has 1 N–H and O–H groups in total. The number of thiazole rings is 1. The predicted molar refractivity (Wildman–Crippen MR) is 115 cm³/mol. The van der Waals surface area contributed by atoms with Crippen molar-refractivity contribution in [1.29, 1.82) is 0 Å². The second-order valence-electron chi connectivity index (χ2n) is 6.57. The van der Waals surface area contributed by atoms with Gasteiger partial charge in [-0.1, -0.05) is 0 Å². The Labute approximate surface area is 183 Å². The summed E-state index contributed by atoms with van der Waals surface area (Å²) in [6.45, 7) is 2.79. The number of urea groups is 1. The topological polar surface area (TPSA) is 110 Å². The predicted octanol–water partition coefficient (Wildman–Crippen LogP) is 2.15. The molecule has 1 aliphatic rings. The van der Waals surface area contributed by atoms with Crippen LogP contribution in [0.5, 0.6) is 11.5 Å². The van der Waals surface area contributed by atoms with Crippen molar-refractivity contribution >= 4 is 40.1 Å². The number of amides is 3. The Morgan fingerprint density at radius 2 is 1.97 bits per heavy atom. The Morgan fingerprint density at radius 3 is 2.68 bits per heavy atom. The van der Waals surface area contributed by atoms with E-state index in [9.17, 15) is 14.4 Å². The van der Waals surface area contributed by atoms with Crippen molar-refractivity contribution in [2.24, 2.45) is 0 Å². The van der Waals surface area contributed by atoms with Crippen LogP contribution in [0.4, 0.5) is 15.6 Å². The first-order chi connectivity index (χ1) is 14.9. The zero-order valence-electron chi connectivity index (χ0n) is 17.5. The van der Waals surface area contributed by atoms with Gasteiger partial charge in [0, 0.05) is 30.2 Å². The molecule has 3 rings (SSSR count). The zero-order chi connectivity index (χ0) is 22.4. The van der Waals surface area contributed by atoms with Crippen LogP contribution in [0.15, 0.2) is 23.6 Å². The molecule has 10 nitrogen and oxygen atoms in total. The van der Waals surface area contributed by atoms with Gasteiger partial charge in [-0.3, -0.25) is 14.5 Å². The molecule has 0 spiro atoms. The van der Waals surface area contributed by atoms with Crippen molar-refractivity contribution < 1.29 is 28.6 Å². The van der Waals surface area contributed by atoms with Crippen LogP contribution in [-0.4, -0.2) is 68.3 Å². The minimum Gasteiger partial charge on any atom is -0.493 e. The molecule has 0 saturated carbocycles. The number of benzene rings is 1. The molecule has 1 aliphatic heterocycles. The first-order valence-corrected chi connectivity index (χ1v) is 10.5. The number of esters is 1. The molecule has 0 atom stereocenters. The van der Waals surface area contributed by atoms with Gasteiger partial charge in [-0.15, -0.1) is 11.3 Å². The minimum absolute atomic E-state index is 0.0467. The van der Waals surface area contributed by atoms with E-state index < -0.39 is 0 Å². The fraction of sp³-hybridized carbons (Fsp3) is 0.400. The average Bonchev–Trinajstić information content (AvgIpc) is 3.34. The highest BCUT2D eigenvalue weighted by Gasteiger charge is 2.31. The van der Waals surface area contributed by atoms with E-state index in [-0.39, 0.29) is 30.9 Å². The Balaban J connectivity index is 1.57. The number of nitrogens with one attached hydrogen (secondary N) is 1. The lowest BCUT2D eigenvalue weighted by atomic mass is 10.2. The van der Waals surface area contributed by atoms with Gasteiger partial charge < -0.3 is 24.4 Å². The molecule has 0 aliphatic carbocycles. The van der Waals surface area contributed by atoms with Crippen molar-refractivity contribution in [2.45, 2.75) is 13.3 Å². The van der Waals surface area contributed by atoms with Gasteiger partial charge in [-0.25, -0.2) is 9.78 Å². The lowest BCUT2D eigenvalue weighted by Gasteiger charge is -2.19. The van der Waals surface area contributed by atoms with E-state index in [2.05, 4.69) is 10.3 Å². The largest absolute Gasteiger partial charge is 0.493 e. The van der Waals surface area contributed by atoms with Crippen molar-refractivity contribution in [3.8, 4) is 11.5 Å². The van der Waals surface area contributed by atoms with Gasteiger partial charge in [0.1, 0.15) is 6.54 Å². The van der Waals surface area contributed by atoms with Crippen molar-refractivity contribution in [3.63, 3.8) is 0 Å². The fourth-order valence-electron chi connectivity index (χ4n) is 3.10. The quantitative estimate of drug-likeness (QED) is 0.585. The summed E-state index contributed by atoms with van der Waals surface area (Å²) >= 11 is 1.21. The molecule has 31 heavy (non-hydrogen) atoms. The lowest BCUT2D eigenvalue weighted by molar-refractivity contribution is -0.142. The van der Waals surface area contributed by atoms with Crippen LogP contribution in [0.25, 0.3) is 0 Å². The van der Waals surface area contributed by atoms with E-state index >= 15 is 0 Å². The Kier molecular flexibility index (Phi) is 7.29. The minimum atomic E-state index is -0.372. The molecule has 11 heteroatoms. The summed E-state index contributed by atoms with van der Waals surface area (Å²) in [7, 11) is 3.07. The van der Waals surface area contributed by atoms with Crippen LogP contribution in [0.1, 0.15) is 12.6 Å². The van der Waals surface area contributed by atoms with Gasteiger partial charge in [0.25, 0.3) is 0 Å². The standard InChI is InChI=1S/C20H24N4O6S/c1-4-30-18(26)9-13-12-31-19(21-13)22-17(25)11-23-7-8-24(20(23)27)14-5-6-15(28-2)16(10-14)29-3/h5-6,10,12H,4,7-9,11H2,1-3H3,(H,21,22,25). The number of anilines is 2. The highest BCUT2D eigenvalue weighted by molar-refractivity contribution is 7.13. The summed E-state index contributed by atoms with van der Waals surface area (Å²) in [5.74, 6) is 0.356. The molecule has 2 heterocycles. The van der Waals surface area contributed by atoms with Crippen LogP contribution in [-0.2, 0) is 20.7 Å². The maximum absolute atomic E-state index is 12.8. The molecule has 1 fully saturated rings. The molecular formula is C20H24N4O6S. The van der Waals surface area contributed by atoms with Crippen LogP contribution >= 0.6 is 11.3 Å². The number of aromatic nitrogens is 1. The fourth-order valence-corrected chi connectivity index (χ4v) is 3.83. The molecule has 3 amide bonds. The normalized spacial score (nSPS) is 13.3. The van der Waals surface area contributed by atoms with Gasteiger partial charge in [0.15, 0.2) is 16.6 Å². The monoisotopic (exact) mass is 448 g/mol. The van der Waals surface area contributed by atoms with Crippen LogP contribution in [0.3, 0.4) is 0 Å². The van der Waals surface area contributed by atoms with Gasteiger partial charge in [0.2, 0.25) is 5.91 Å². The average molecular weight is 449 g/mol. The second-order valence-corrected chi connectivity index (χ2v) is 7.43. The summed E-state index contributed by atoms with van der Waals surface area (Å²) in [6, 6.07) is 4.95. The third-order valence-electron chi connectivity index (χ3n) is 4.54.